The molecule has 37 heavy (non-hydrogen) atoms. The molecule has 0 unspecified atom stereocenters. The van der Waals surface area contributed by atoms with Gasteiger partial charge >= 0.3 is 0 Å². The Morgan fingerprint density at radius 2 is 1.70 bits per heavy atom. The summed E-state index contributed by atoms with van der Waals surface area (Å²) in [5, 5.41) is 21.8. The van der Waals surface area contributed by atoms with Gasteiger partial charge in [-0.2, -0.15) is 0 Å². The van der Waals surface area contributed by atoms with E-state index in [1.165, 1.54) is 6.08 Å². The Morgan fingerprint density at radius 1 is 1.03 bits per heavy atom. The summed E-state index contributed by atoms with van der Waals surface area (Å²) < 4.78 is 11.7. The molecule has 0 radical (unpaired) electrons. The number of carbonyl (C=O) groups excluding carboxylic acids is 3. The molecule has 7 heteroatoms. The molecular weight excluding hydrogens is 472 g/mol. The maximum absolute atomic E-state index is 13.6. The molecule has 3 fully saturated rings. The van der Waals surface area contributed by atoms with Crippen molar-refractivity contribution in [1.82, 2.24) is 0 Å². The molecule has 0 bridgehead atoms. The van der Waals surface area contributed by atoms with E-state index in [2.05, 4.69) is 20.4 Å². The lowest BCUT2D eigenvalue weighted by Gasteiger charge is -2.61. The minimum atomic E-state index is -1.27. The van der Waals surface area contributed by atoms with E-state index in [-0.39, 0.29) is 34.6 Å². The first-order chi connectivity index (χ1) is 17.0. The van der Waals surface area contributed by atoms with Crippen LogP contribution in [0.15, 0.2) is 35.6 Å². The zero-order valence-corrected chi connectivity index (χ0v) is 22.8. The number of Topliss-reactive ketones (excluding diaryl/α,β-unsaturated/α-hetero) is 2. The first-order valence-corrected chi connectivity index (χ1v) is 13.5. The van der Waals surface area contributed by atoms with E-state index < -0.39 is 40.8 Å². The van der Waals surface area contributed by atoms with E-state index in [9.17, 15) is 24.6 Å². The zero-order valence-electron chi connectivity index (χ0n) is 22.8. The molecular formula is C30H40O7. The van der Waals surface area contributed by atoms with Crippen LogP contribution in [0, 0.1) is 34.0 Å². The predicted molar refractivity (Wildman–Crippen MR) is 136 cm³/mol. The highest BCUT2D eigenvalue weighted by Gasteiger charge is 2.68. The van der Waals surface area contributed by atoms with Gasteiger partial charge in [-0.25, -0.2) is 0 Å². The van der Waals surface area contributed by atoms with E-state index in [0.717, 1.165) is 12.8 Å². The maximum Gasteiger partial charge on any atom is 0.202 e. The molecule has 0 spiro atoms. The molecule has 2 aliphatic heterocycles. The van der Waals surface area contributed by atoms with Crippen molar-refractivity contribution in [1.29, 1.82) is 0 Å². The van der Waals surface area contributed by atoms with Crippen LogP contribution >= 0.6 is 0 Å². The minimum absolute atomic E-state index is 0.00986. The molecule has 0 aromatic carbocycles. The number of hydrogen-bond acceptors (Lipinski definition) is 7. The van der Waals surface area contributed by atoms with Gasteiger partial charge in [0, 0.05) is 29.4 Å². The summed E-state index contributed by atoms with van der Waals surface area (Å²) in [5.74, 6) is -0.207. The van der Waals surface area contributed by atoms with Gasteiger partial charge in [0.2, 0.25) is 5.78 Å². The second-order valence-electron chi connectivity index (χ2n) is 13.5. The average molecular weight is 513 g/mol. The van der Waals surface area contributed by atoms with Crippen molar-refractivity contribution >= 4 is 17.3 Å². The molecule has 0 aromatic rings. The molecule has 5 aliphatic rings. The molecule has 8 atom stereocenters. The molecule has 0 amide bonds. The number of hydrogen-bond donors (Lipinski definition) is 2. The van der Waals surface area contributed by atoms with Gasteiger partial charge < -0.3 is 19.7 Å². The molecule has 3 saturated carbocycles. The number of aliphatic hydroxyl groups is 2. The minimum Gasteiger partial charge on any atom is -0.479 e. The van der Waals surface area contributed by atoms with Gasteiger partial charge in [0.05, 0.1) is 6.10 Å². The first kappa shape index (κ1) is 26.5. The van der Waals surface area contributed by atoms with E-state index in [0.29, 0.717) is 36.2 Å². The van der Waals surface area contributed by atoms with Crippen molar-refractivity contribution in [2.24, 2.45) is 34.0 Å². The summed E-state index contributed by atoms with van der Waals surface area (Å²) in [6.07, 6.45) is 3.15. The molecule has 2 N–H and O–H groups in total. The first-order valence-electron chi connectivity index (χ1n) is 13.5. The summed E-state index contributed by atoms with van der Waals surface area (Å²) in [6.45, 7) is 15.6. The van der Waals surface area contributed by atoms with Gasteiger partial charge in [-0.3, -0.25) is 14.4 Å². The second-order valence-corrected chi connectivity index (χ2v) is 13.5. The molecule has 5 rings (SSSR count). The van der Waals surface area contributed by atoms with E-state index in [1.807, 2.05) is 19.9 Å². The third-order valence-corrected chi connectivity index (χ3v) is 10.6. The van der Waals surface area contributed by atoms with Crippen molar-refractivity contribution in [3.63, 3.8) is 0 Å². The van der Waals surface area contributed by atoms with Crippen LogP contribution in [0.25, 0.3) is 0 Å². The van der Waals surface area contributed by atoms with E-state index >= 15 is 0 Å². The number of rotatable bonds is 3. The van der Waals surface area contributed by atoms with Gasteiger partial charge in [-0.05, 0) is 67.8 Å². The summed E-state index contributed by atoms with van der Waals surface area (Å²) in [4.78, 5) is 38.7. The molecule has 3 aliphatic carbocycles. The highest BCUT2D eigenvalue weighted by atomic mass is 16.6. The van der Waals surface area contributed by atoms with Crippen LogP contribution in [0.1, 0.15) is 73.6 Å². The van der Waals surface area contributed by atoms with Gasteiger partial charge in [0.25, 0.3) is 0 Å². The van der Waals surface area contributed by atoms with Crippen molar-refractivity contribution in [2.75, 3.05) is 0 Å². The number of ether oxygens (including phenoxy) is 2. The fourth-order valence-corrected chi connectivity index (χ4v) is 8.68. The van der Waals surface area contributed by atoms with E-state index in [4.69, 9.17) is 9.47 Å². The van der Waals surface area contributed by atoms with Crippen LogP contribution in [-0.2, 0) is 23.9 Å². The summed E-state index contributed by atoms with van der Waals surface area (Å²) >= 11 is 0. The SMILES string of the molecule is C=C(C1=CC(=O)C(C)(C)O1)[C@@H]1CC=C([C@@H]2C(=O)C[C@H]3[C@@]2(C)CC[C@H]2C(C)(C)C(=O)[C@H](O)C[C@]32C)[C@H](O)O1. The largest absolute Gasteiger partial charge is 0.479 e. The Balaban J connectivity index is 1.41. The topological polar surface area (TPSA) is 110 Å². The van der Waals surface area contributed by atoms with Gasteiger partial charge in [0.1, 0.15) is 17.6 Å². The highest BCUT2D eigenvalue weighted by Crippen LogP contribution is 2.69. The summed E-state index contributed by atoms with van der Waals surface area (Å²) in [5.41, 5.74) is -1.30. The van der Waals surface area contributed by atoms with Gasteiger partial charge in [-0.1, -0.05) is 40.3 Å². The smallest absolute Gasteiger partial charge is 0.202 e. The average Bonchev–Trinajstić information content (AvgIpc) is 3.23. The lowest BCUT2D eigenvalue weighted by molar-refractivity contribution is -0.176. The van der Waals surface area contributed by atoms with Crippen LogP contribution in [0.4, 0.5) is 0 Å². The van der Waals surface area contributed by atoms with Gasteiger partial charge in [0.15, 0.2) is 17.7 Å². The summed E-state index contributed by atoms with van der Waals surface area (Å²) in [6, 6.07) is 0. The quantitative estimate of drug-likeness (QED) is 0.553. The number of ketones is 3. The molecule has 7 nitrogen and oxygen atoms in total. The van der Waals surface area contributed by atoms with Crippen LogP contribution in [0.3, 0.4) is 0 Å². The van der Waals surface area contributed by atoms with Crippen molar-refractivity contribution in [2.45, 2.75) is 97.7 Å². The fourth-order valence-electron chi connectivity index (χ4n) is 8.68. The predicted octanol–water partition coefficient (Wildman–Crippen LogP) is 3.83. The Bertz CT molecular complexity index is 1140. The zero-order chi connectivity index (χ0) is 27.3. The lowest BCUT2D eigenvalue weighted by Crippen LogP contribution is -2.61. The van der Waals surface area contributed by atoms with Crippen LogP contribution < -0.4 is 0 Å². The number of carbonyl (C=O) groups is 3. The second kappa shape index (κ2) is 8.20. The van der Waals surface area contributed by atoms with Gasteiger partial charge in [-0.15, -0.1) is 0 Å². The van der Waals surface area contributed by atoms with Crippen molar-refractivity contribution < 1.29 is 34.1 Å². The van der Waals surface area contributed by atoms with Crippen LogP contribution in [0.2, 0.25) is 0 Å². The Labute approximate surface area is 219 Å². The molecule has 0 aromatic heterocycles. The fraction of sp³-hybridized carbons (Fsp3) is 0.700. The standard InChI is InChI=1S/C30H40O7/c1-15(20-13-23(33)28(4,5)37-20)19-9-8-16(26(35)36-19)24-17(31)12-22-29(24,6)11-10-21-27(2,3)25(34)18(32)14-30(21,22)7/h8,13,18-19,21-22,24,26,32,35H,1,9-12,14H2,2-7H3/t18-,19+,21+,22+,24-,26-,29-,30+/m1/s1. The third kappa shape index (κ3) is 3.68. The van der Waals surface area contributed by atoms with Crippen molar-refractivity contribution in [3.8, 4) is 0 Å². The number of aliphatic hydroxyl groups excluding tert-OH is 2. The monoisotopic (exact) mass is 512 g/mol. The van der Waals surface area contributed by atoms with Crippen LogP contribution in [-0.4, -0.2) is 51.7 Å². The highest BCUT2D eigenvalue weighted by molar-refractivity contribution is 5.99. The molecule has 202 valence electrons. The Kier molecular flexibility index (Phi) is 5.88. The van der Waals surface area contributed by atoms with Crippen molar-refractivity contribution in [3.05, 3.63) is 35.6 Å². The third-order valence-electron chi connectivity index (χ3n) is 10.6. The normalized spacial score (nSPS) is 44.5. The Morgan fingerprint density at radius 3 is 2.30 bits per heavy atom. The molecule has 0 saturated heterocycles. The Hall–Kier alpha value is -2.09. The molecule has 2 heterocycles. The lowest BCUT2D eigenvalue weighted by atomic mass is 9.42. The maximum atomic E-state index is 13.6. The number of fused-ring (bicyclic) bond motifs is 3. The summed E-state index contributed by atoms with van der Waals surface area (Å²) in [7, 11) is 0. The van der Waals surface area contributed by atoms with Crippen LogP contribution in [0.5, 0.6) is 0 Å². The van der Waals surface area contributed by atoms with E-state index in [1.54, 1.807) is 13.8 Å².